The number of hydrogen-bond donors (Lipinski definition) is 1. The SMILES string of the molecule is CC1CCN(c2cc(Nc3ccc(I)cc3)c([N+](=O)[O-])c3nonc23)CC1. The lowest BCUT2D eigenvalue weighted by Gasteiger charge is -2.32. The number of rotatable bonds is 4. The molecule has 0 saturated carbocycles. The van der Waals surface area contributed by atoms with Crippen molar-refractivity contribution in [3.05, 3.63) is 44.0 Å². The zero-order valence-corrected chi connectivity index (χ0v) is 16.8. The fourth-order valence-corrected chi connectivity index (χ4v) is 3.73. The molecule has 0 bridgehead atoms. The van der Waals surface area contributed by atoms with E-state index in [0.717, 1.165) is 40.9 Å². The highest BCUT2D eigenvalue weighted by Crippen LogP contribution is 2.40. The largest absolute Gasteiger partial charge is 0.370 e. The van der Waals surface area contributed by atoms with Crippen LogP contribution >= 0.6 is 22.6 Å². The fourth-order valence-electron chi connectivity index (χ4n) is 3.37. The van der Waals surface area contributed by atoms with Crippen LogP contribution in [0.5, 0.6) is 0 Å². The Balaban J connectivity index is 1.82. The summed E-state index contributed by atoms with van der Waals surface area (Å²) in [6.45, 7) is 4.00. The molecule has 1 aliphatic heterocycles. The lowest BCUT2D eigenvalue weighted by Crippen LogP contribution is -2.33. The Bertz CT molecular complexity index is 981. The molecule has 0 atom stereocenters. The van der Waals surface area contributed by atoms with Crippen molar-refractivity contribution in [2.75, 3.05) is 23.3 Å². The molecule has 1 fully saturated rings. The maximum atomic E-state index is 11.7. The molecule has 1 aliphatic rings. The third-order valence-electron chi connectivity index (χ3n) is 4.92. The lowest BCUT2D eigenvalue weighted by atomic mass is 9.98. The van der Waals surface area contributed by atoms with Crippen molar-refractivity contribution in [2.24, 2.45) is 5.92 Å². The molecule has 140 valence electrons. The number of nitro benzene ring substituents is 1. The number of hydrogen-bond acceptors (Lipinski definition) is 7. The van der Waals surface area contributed by atoms with Crippen molar-refractivity contribution in [3.63, 3.8) is 0 Å². The van der Waals surface area contributed by atoms with E-state index in [2.05, 4.69) is 50.0 Å². The highest BCUT2D eigenvalue weighted by atomic mass is 127. The molecule has 9 heteroatoms. The van der Waals surface area contributed by atoms with Crippen molar-refractivity contribution in [1.29, 1.82) is 0 Å². The smallest absolute Gasteiger partial charge is 0.324 e. The number of piperidine rings is 1. The maximum Gasteiger partial charge on any atom is 0.324 e. The van der Waals surface area contributed by atoms with Gasteiger partial charge in [-0.3, -0.25) is 10.1 Å². The number of anilines is 3. The molecule has 27 heavy (non-hydrogen) atoms. The van der Waals surface area contributed by atoms with Gasteiger partial charge < -0.3 is 10.2 Å². The van der Waals surface area contributed by atoms with Crippen molar-refractivity contribution in [3.8, 4) is 0 Å². The van der Waals surface area contributed by atoms with Gasteiger partial charge in [0.25, 0.3) is 0 Å². The standard InChI is InChI=1S/C18H18IN5O3/c1-11-6-8-23(9-7-11)15-10-14(20-13-4-2-12(19)3-5-13)18(24(25)26)17-16(15)21-27-22-17/h2-5,10-11,20H,6-9H2,1H3. The van der Waals surface area contributed by atoms with E-state index in [1.807, 2.05) is 24.3 Å². The number of fused-ring (bicyclic) bond motifs is 1. The van der Waals surface area contributed by atoms with Gasteiger partial charge in [-0.25, -0.2) is 4.63 Å². The van der Waals surface area contributed by atoms with Crippen molar-refractivity contribution in [1.82, 2.24) is 10.3 Å². The number of aromatic nitrogens is 2. The van der Waals surface area contributed by atoms with Crippen LogP contribution in [0, 0.1) is 19.6 Å². The van der Waals surface area contributed by atoms with Gasteiger partial charge in [0.15, 0.2) is 5.52 Å². The van der Waals surface area contributed by atoms with Crippen LogP contribution in [-0.4, -0.2) is 28.3 Å². The third-order valence-corrected chi connectivity index (χ3v) is 5.64. The van der Waals surface area contributed by atoms with Crippen LogP contribution in [0.25, 0.3) is 11.0 Å². The second-order valence-corrected chi connectivity index (χ2v) is 8.06. The molecular weight excluding hydrogens is 461 g/mol. The van der Waals surface area contributed by atoms with E-state index in [9.17, 15) is 10.1 Å². The highest BCUT2D eigenvalue weighted by Gasteiger charge is 2.29. The Kier molecular flexibility index (Phi) is 4.85. The first-order chi connectivity index (χ1) is 13.0. The second kappa shape index (κ2) is 7.29. The van der Waals surface area contributed by atoms with Gasteiger partial charge in [-0.2, -0.15) is 0 Å². The summed E-state index contributed by atoms with van der Waals surface area (Å²) in [5.41, 5.74) is 2.45. The summed E-state index contributed by atoms with van der Waals surface area (Å²) in [5.74, 6) is 0.676. The summed E-state index contributed by atoms with van der Waals surface area (Å²) in [5, 5.41) is 22.7. The van der Waals surface area contributed by atoms with Crippen LogP contribution < -0.4 is 10.2 Å². The topological polar surface area (TPSA) is 97.3 Å². The highest BCUT2D eigenvalue weighted by molar-refractivity contribution is 14.1. The summed E-state index contributed by atoms with van der Waals surface area (Å²) in [6.07, 6.45) is 2.15. The van der Waals surface area contributed by atoms with Crippen LogP contribution in [0.15, 0.2) is 35.0 Å². The summed E-state index contributed by atoms with van der Waals surface area (Å²) in [4.78, 5) is 13.5. The lowest BCUT2D eigenvalue weighted by molar-refractivity contribution is -0.382. The van der Waals surface area contributed by atoms with E-state index in [0.29, 0.717) is 17.1 Å². The van der Waals surface area contributed by atoms with Crippen LogP contribution in [0.4, 0.5) is 22.7 Å². The first kappa shape index (κ1) is 18.0. The summed E-state index contributed by atoms with van der Waals surface area (Å²) in [6, 6.07) is 9.45. The Morgan fingerprint density at radius 3 is 2.56 bits per heavy atom. The first-order valence-electron chi connectivity index (χ1n) is 8.74. The molecule has 1 aromatic heterocycles. The van der Waals surface area contributed by atoms with E-state index in [1.165, 1.54) is 0 Å². The number of nitro groups is 1. The molecule has 2 heterocycles. The Morgan fingerprint density at radius 1 is 1.22 bits per heavy atom. The molecule has 0 radical (unpaired) electrons. The van der Waals surface area contributed by atoms with Crippen LogP contribution in [0.3, 0.4) is 0 Å². The van der Waals surface area contributed by atoms with E-state index in [-0.39, 0.29) is 11.2 Å². The van der Waals surface area contributed by atoms with Crippen molar-refractivity contribution in [2.45, 2.75) is 19.8 Å². The predicted octanol–water partition coefficient (Wildman–Crippen LogP) is 4.72. The normalized spacial score (nSPS) is 15.3. The quantitative estimate of drug-likeness (QED) is 0.329. The molecule has 0 unspecified atom stereocenters. The molecule has 1 N–H and O–H groups in total. The average molecular weight is 479 g/mol. The minimum atomic E-state index is -0.441. The monoisotopic (exact) mass is 479 g/mol. The van der Waals surface area contributed by atoms with Gasteiger partial charge in [0, 0.05) is 22.3 Å². The van der Waals surface area contributed by atoms with Gasteiger partial charge in [-0.15, -0.1) is 0 Å². The molecule has 8 nitrogen and oxygen atoms in total. The van der Waals surface area contributed by atoms with Gasteiger partial charge in [0.05, 0.1) is 10.6 Å². The summed E-state index contributed by atoms with van der Waals surface area (Å²) < 4.78 is 5.96. The van der Waals surface area contributed by atoms with Gasteiger partial charge in [-0.1, -0.05) is 6.92 Å². The Hall–Kier alpha value is -2.43. The number of nitrogens with zero attached hydrogens (tertiary/aromatic N) is 4. The second-order valence-electron chi connectivity index (χ2n) is 6.81. The van der Waals surface area contributed by atoms with Crippen molar-refractivity contribution >= 4 is 56.4 Å². The molecule has 0 amide bonds. The van der Waals surface area contributed by atoms with Crippen LogP contribution in [0.1, 0.15) is 19.8 Å². The van der Waals surface area contributed by atoms with Crippen molar-refractivity contribution < 1.29 is 9.55 Å². The van der Waals surface area contributed by atoms with E-state index in [4.69, 9.17) is 4.63 Å². The molecule has 3 aromatic rings. The fraction of sp³-hybridized carbons (Fsp3) is 0.333. The molecule has 0 aliphatic carbocycles. The zero-order chi connectivity index (χ0) is 19.0. The number of halogens is 1. The van der Waals surface area contributed by atoms with Crippen LogP contribution in [0.2, 0.25) is 0 Å². The zero-order valence-electron chi connectivity index (χ0n) is 14.7. The molecule has 2 aromatic carbocycles. The summed E-state index contributed by atoms with van der Waals surface area (Å²) in [7, 11) is 0. The van der Waals surface area contributed by atoms with E-state index < -0.39 is 4.92 Å². The third kappa shape index (κ3) is 3.55. The number of nitrogens with one attached hydrogen (secondary N) is 1. The molecule has 4 rings (SSSR count). The predicted molar refractivity (Wildman–Crippen MR) is 112 cm³/mol. The Morgan fingerprint density at radius 2 is 1.89 bits per heavy atom. The molecular formula is C18H18IN5O3. The van der Waals surface area contributed by atoms with Gasteiger partial charge in [-0.05, 0) is 82.0 Å². The van der Waals surface area contributed by atoms with Gasteiger partial charge in [0.1, 0.15) is 5.69 Å². The minimum Gasteiger partial charge on any atom is -0.370 e. The maximum absolute atomic E-state index is 11.7. The van der Waals surface area contributed by atoms with Gasteiger partial charge in [0.2, 0.25) is 5.52 Å². The first-order valence-corrected chi connectivity index (χ1v) is 9.82. The minimum absolute atomic E-state index is 0.126. The average Bonchev–Trinajstić information content (AvgIpc) is 3.12. The van der Waals surface area contributed by atoms with Gasteiger partial charge >= 0.3 is 5.69 Å². The van der Waals surface area contributed by atoms with E-state index >= 15 is 0 Å². The van der Waals surface area contributed by atoms with Crippen LogP contribution in [-0.2, 0) is 0 Å². The number of benzene rings is 2. The van der Waals surface area contributed by atoms with E-state index in [1.54, 1.807) is 6.07 Å². The summed E-state index contributed by atoms with van der Waals surface area (Å²) >= 11 is 2.22. The molecule has 0 spiro atoms. The molecule has 1 saturated heterocycles. The Labute approximate surface area is 169 Å².